The van der Waals surface area contributed by atoms with Gasteiger partial charge in [0.25, 0.3) is 5.91 Å². The molecule has 0 saturated carbocycles. The van der Waals surface area contributed by atoms with Gasteiger partial charge in [-0.3, -0.25) is 4.79 Å². The minimum absolute atomic E-state index is 0.333. The molecule has 1 aromatic carbocycles. The van der Waals surface area contributed by atoms with Gasteiger partial charge in [0.2, 0.25) is 0 Å². The molecule has 6 heteroatoms. The molecule has 1 N–H and O–H groups in total. The van der Waals surface area contributed by atoms with Gasteiger partial charge in [-0.2, -0.15) is 0 Å². The monoisotopic (exact) mass is 271 g/mol. The fourth-order valence-electron chi connectivity index (χ4n) is 0.778. The zero-order chi connectivity index (χ0) is 10.7. The normalized spacial score (nSPS) is 10.4. The van der Waals surface area contributed by atoms with Crippen molar-refractivity contribution in [3.05, 3.63) is 28.2 Å². The van der Waals surface area contributed by atoms with Crippen molar-refractivity contribution in [3.63, 3.8) is 0 Å². The van der Waals surface area contributed by atoms with E-state index in [4.69, 9.17) is 46.4 Å². The Kier molecular flexibility index (Phi) is 4.32. The van der Waals surface area contributed by atoms with Crippen molar-refractivity contribution in [2.24, 2.45) is 0 Å². The Labute approximate surface area is 101 Å². The first-order valence-electron chi connectivity index (χ1n) is 3.55. The van der Waals surface area contributed by atoms with Crippen LogP contribution >= 0.6 is 46.4 Å². The maximum Gasteiger partial charge on any atom is 0.257 e. The Hall–Kier alpha value is -0.150. The highest BCUT2D eigenvalue weighted by atomic mass is 35.5. The van der Waals surface area contributed by atoms with E-state index in [1.54, 1.807) is 12.1 Å². The van der Waals surface area contributed by atoms with E-state index >= 15 is 0 Å². The smallest absolute Gasteiger partial charge is 0.257 e. The van der Waals surface area contributed by atoms with Gasteiger partial charge in [0.05, 0.1) is 10.7 Å². The highest BCUT2D eigenvalue weighted by molar-refractivity contribution is 6.54. The largest absolute Gasteiger partial charge is 0.322 e. The van der Waals surface area contributed by atoms with Crippen LogP contribution in [0.25, 0.3) is 0 Å². The Morgan fingerprint density at radius 1 is 1.29 bits per heavy atom. The molecule has 0 bridgehead atoms. The summed E-state index contributed by atoms with van der Waals surface area (Å²) in [5, 5.41) is 3.26. The third kappa shape index (κ3) is 3.21. The molecule has 0 spiro atoms. The van der Waals surface area contributed by atoms with Crippen molar-refractivity contribution >= 4 is 58.0 Å². The van der Waals surface area contributed by atoms with Crippen LogP contribution in [0.2, 0.25) is 10.0 Å². The lowest BCUT2D eigenvalue weighted by molar-refractivity contribution is -0.114. The van der Waals surface area contributed by atoms with Gasteiger partial charge in [0.1, 0.15) is 0 Å². The van der Waals surface area contributed by atoms with Crippen LogP contribution in [-0.2, 0) is 4.79 Å². The first kappa shape index (κ1) is 11.9. The van der Waals surface area contributed by atoms with Crippen LogP contribution in [0.3, 0.4) is 0 Å². The SMILES string of the molecule is O=C(Nc1ccc(Cl)cc1Cl)C(Cl)Cl. The number of halogens is 4. The summed E-state index contributed by atoms with van der Waals surface area (Å²) in [5.41, 5.74) is 0.423. The Morgan fingerprint density at radius 2 is 1.93 bits per heavy atom. The van der Waals surface area contributed by atoms with Gasteiger partial charge in [-0.05, 0) is 18.2 Å². The highest BCUT2D eigenvalue weighted by Gasteiger charge is 2.12. The lowest BCUT2D eigenvalue weighted by atomic mass is 10.3. The van der Waals surface area contributed by atoms with E-state index in [1.165, 1.54) is 6.07 Å². The van der Waals surface area contributed by atoms with Crippen LogP contribution in [0, 0.1) is 0 Å². The van der Waals surface area contributed by atoms with E-state index in [9.17, 15) is 4.79 Å². The van der Waals surface area contributed by atoms with Crippen LogP contribution < -0.4 is 5.32 Å². The fourth-order valence-corrected chi connectivity index (χ4v) is 1.34. The van der Waals surface area contributed by atoms with Crippen molar-refractivity contribution in [2.45, 2.75) is 4.84 Å². The third-order valence-electron chi connectivity index (χ3n) is 1.39. The van der Waals surface area contributed by atoms with Gasteiger partial charge >= 0.3 is 0 Å². The van der Waals surface area contributed by atoms with E-state index in [2.05, 4.69) is 5.32 Å². The molecule has 0 unspecified atom stereocenters. The molecular formula is C8H5Cl4NO. The molecule has 0 heterocycles. The van der Waals surface area contributed by atoms with E-state index < -0.39 is 10.7 Å². The van der Waals surface area contributed by atoms with Crippen LogP contribution in [0.4, 0.5) is 5.69 Å². The number of carbonyl (C=O) groups is 1. The zero-order valence-corrected chi connectivity index (χ0v) is 9.75. The minimum Gasteiger partial charge on any atom is -0.322 e. The Morgan fingerprint density at radius 3 is 2.43 bits per heavy atom. The molecule has 0 atom stereocenters. The number of alkyl halides is 2. The van der Waals surface area contributed by atoms with Crippen molar-refractivity contribution in [3.8, 4) is 0 Å². The molecule has 76 valence electrons. The van der Waals surface area contributed by atoms with Crippen LogP contribution in [0.5, 0.6) is 0 Å². The molecule has 0 radical (unpaired) electrons. The average Bonchev–Trinajstić information content (AvgIpc) is 2.09. The van der Waals surface area contributed by atoms with Crippen molar-refractivity contribution in [2.75, 3.05) is 5.32 Å². The van der Waals surface area contributed by atoms with E-state index in [-0.39, 0.29) is 0 Å². The first-order valence-corrected chi connectivity index (χ1v) is 5.17. The summed E-state index contributed by atoms with van der Waals surface area (Å²) in [7, 11) is 0. The number of nitrogens with one attached hydrogen (secondary N) is 1. The summed E-state index contributed by atoms with van der Waals surface area (Å²) in [6.07, 6.45) is 0. The number of hydrogen-bond acceptors (Lipinski definition) is 1. The zero-order valence-electron chi connectivity index (χ0n) is 6.73. The van der Waals surface area contributed by atoms with Crippen molar-refractivity contribution in [1.82, 2.24) is 0 Å². The summed E-state index contributed by atoms with van der Waals surface area (Å²) >= 11 is 22.2. The number of rotatable bonds is 2. The number of hydrogen-bond donors (Lipinski definition) is 1. The Bertz CT molecular complexity index is 353. The van der Waals surface area contributed by atoms with Crippen molar-refractivity contribution < 1.29 is 4.79 Å². The first-order chi connectivity index (χ1) is 6.50. The van der Waals surface area contributed by atoms with Gasteiger partial charge in [-0.15, -0.1) is 0 Å². The second kappa shape index (κ2) is 5.08. The van der Waals surface area contributed by atoms with Gasteiger partial charge in [-0.1, -0.05) is 46.4 Å². The molecule has 0 saturated heterocycles. The molecule has 0 aliphatic carbocycles. The predicted molar refractivity (Wildman–Crippen MR) is 60.6 cm³/mol. The molecule has 1 aromatic rings. The van der Waals surface area contributed by atoms with E-state index in [0.717, 1.165) is 0 Å². The lowest BCUT2D eigenvalue weighted by Crippen LogP contribution is -2.18. The van der Waals surface area contributed by atoms with E-state index in [1.807, 2.05) is 0 Å². The molecule has 0 fully saturated rings. The quantitative estimate of drug-likeness (QED) is 0.817. The van der Waals surface area contributed by atoms with E-state index in [0.29, 0.717) is 15.7 Å². The van der Waals surface area contributed by atoms with Gasteiger partial charge < -0.3 is 5.32 Å². The number of anilines is 1. The summed E-state index contributed by atoms with van der Waals surface area (Å²) < 4.78 is 0. The van der Waals surface area contributed by atoms with Gasteiger partial charge in [-0.25, -0.2) is 0 Å². The number of benzene rings is 1. The van der Waals surface area contributed by atoms with Gasteiger partial charge in [0, 0.05) is 5.02 Å². The third-order valence-corrected chi connectivity index (χ3v) is 2.33. The molecule has 1 amide bonds. The summed E-state index contributed by atoms with van der Waals surface area (Å²) in [5.74, 6) is -0.530. The molecule has 0 aliphatic rings. The number of amides is 1. The van der Waals surface area contributed by atoms with Gasteiger partial charge in [0.15, 0.2) is 4.84 Å². The van der Waals surface area contributed by atoms with Crippen LogP contribution in [-0.4, -0.2) is 10.7 Å². The molecule has 2 nitrogen and oxygen atoms in total. The maximum absolute atomic E-state index is 11.1. The number of carbonyl (C=O) groups excluding carboxylic acids is 1. The minimum atomic E-state index is -1.12. The molecule has 0 aromatic heterocycles. The molecule has 1 rings (SSSR count). The molecule has 14 heavy (non-hydrogen) atoms. The molecule has 0 aliphatic heterocycles. The standard InChI is InChI=1S/C8H5Cl4NO/c9-4-1-2-6(5(10)3-4)13-8(14)7(11)12/h1-3,7H,(H,13,14). The van der Waals surface area contributed by atoms with Crippen LogP contribution in [0.15, 0.2) is 18.2 Å². The summed E-state index contributed by atoms with van der Waals surface area (Å²) in [6, 6.07) is 4.68. The van der Waals surface area contributed by atoms with Crippen LogP contribution in [0.1, 0.15) is 0 Å². The molecular weight excluding hydrogens is 268 g/mol. The van der Waals surface area contributed by atoms with Crippen molar-refractivity contribution in [1.29, 1.82) is 0 Å². The topological polar surface area (TPSA) is 29.1 Å². The predicted octanol–water partition coefficient (Wildman–Crippen LogP) is 3.74. The lowest BCUT2D eigenvalue weighted by Gasteiger charge is -2.07. The average molecular weight is 273 g/mol. The fraction of sp³-hybridized carbons (Fsp3) is 0.125. The highest BCUT2D eigenvalue weighted by Crippen LogP contribution is 2.25. The maximum atomic E-state index is 11.1. The Balaban J connectivity index is 2.82. The summed E-state index contributed by atoms with van der Waals surface area (Å²) in [4.78, 5) is 9.96. The summed E-state index contributed by atoms with van der Waals surface area (Å²) in [6.45, 7) is 0. The second-order valence-corrected chi connectivity index (χ2v) is 4.35. The second-order valence-electron chi connectivity index (χ2n) is 2.41.